The monoisotopic (exact) mass is 1840 g/mol. The molecule has 3 aliphatic heterocycles. The average Bonchev–Trinajstić information content (AvgIpc) is 1.57. The van der Waals surface area contributed by atoms with E-state index in [1.165, 1.54) is 45.9 Å². The van der Waals surface area contributed by atoms with Gasteiger partial charge in [0.1, 0.15) is 90.3 Å². The zero-order valence-corrected chi connectivity index (χ0v) is 78.6. The number of carboxylic acid groups (broad SMARTS) is 1. The largest absolute Gasteiger partial charge is 0.508 e. The van der Waals surface area contributed by atoms with Gasteiger partial charge >= 0.3 is 5.97 Å². The van der Waals surface area contributed by atoms with Crippen molar-refractivity contribution in [3.8, 4) is 5.75 Å². The van der Waals surface area contributed by atoms with Crippen LogP contribution in [0.25, 0.3) is 10.9 Å². The van der Waals surface area contributed by atoms with Crippen molar-refractivity contribution < 1.29 is 87.2 Å². The van der Waals surface area contributed by atoms with E-state index in [4.69, 9.17) is 16.9 Å². The molecule has 38 heteroatoms. The number of nitrogens with zero attached hydrogens (tertiary/aromatic N) is 3. The molecule has 4 aromatic rings. The Morgan fingerprint density at radius 2 is 0.847 bits per heavy atom. The summed E-state index contributed by atoms with van der Waals surface area (Å²) in [6, 6.07) is 2.72. The van der Waals surface area contributed by atoms with Crippen molar-refractivity contribution in [3.63, 3.8) is 0 Å². The normalized spacial score (nSPS) is 18.7. The summed E-state index contributed by atoms with van der Waals surface area (Å²) in [5, 5.41) is 72.5. The third kappa shape index (κ3) is 31.1. The molecular formula is C93H141N19O18S. The van der Waals surface area contributed by atoms with Gasteiger partial charge in [-0.25, -0.2) is 4.79 Å². The number of likely N-dealkylation sites (tertiary alicyclic amines) is 3. The number of rotatable bonds is 50. The van der Waals surface area contributed by atoms with Gasteiger partial charge in [-0.05, 0) is 154 Å². The number of aromatic amines is 1. The topological polar surface area (TPSA) is 562 Å². The fourth-order valence-corrected chi connectivity index (χ4v) is 17.0. The lowest BCUT2D eigenvalue weighted by atomic mass is 9.95. The van der Waals surface area contributed by atoms with Gasteiger partial charge in [-0.1, -0.05) is 163 Å². The number of aliphatic carboxylic acids is 1. The minimum absolute atomic E-state index is 0.0313. The Morgan fingerprint density at radius 1 is 0.458 bits per heavy atom. The predicted molar refractivity (Wildman–Crippen MR) is 496 cm³/mol. The summed E-state index contributed by atoms with van der Waals surface area (Å²) in [6.07, 6.45) is 3.07. The van der Waals surface area contributed by atoms with E-state index in [-0.39, 0.29) is 119 Å². The lowest BCUT2D eigenvalue weighted by molar-refractivity contribution is -0.146. The summed E-state index contributed by atoms with van der Waals surface area (Å²) in [5.74, 6) is -15.0. The van der Waals surface area contributed by atoms with Gasteiger partial charge in [-0.15, -0.1) is 0 Å². The smallest absolute Gasteiger partial charge is 0.326 e. The molecule has 3 saturated heterocycles. The van der Waals surface area contributed by atoms with Crippen molar-refractivity contribution in [1.29, 1.82) is 5.41 Å². The van der Waals surface area contributed by atoms with E-state index < -0.39 is 203 Å². The van der Waals surface area contributed by atoms with Crippen LogP contribution in [0.5, 0.6) is 5.75 Å². The number of amides is 14. The number of carbonyl (C=O) groups is 15. The number of aliphatic hydroxyl groups excluding tert-OH is 1. The Bertz CT molecular complexity index is 4570. The molecule has 131 heavy (non-hydrogen) atoms. The number of carboxylic acids is 1. The maximum absolute atomic E-state index is 15.3. The number of fused-ring (bicyclic) bond motifs is 1. The lowest BCUT2D eigenvalue weighted by Gasteiger charge is -2.35. The number of thiol groups is 1. The second-order valence-corrected chi connectivity index (χ2v) is 36.8. The van der Waals surface area contributed by atoms with Crippen LogP contribution in [0.4, 0.5) is 0 Å². The standard InChI is InChI=1S/C93H141N19O18S/c1-14-53(10)74(107-87(124)73-33-25-41-112(73)91(128)75(54(11)15-2)106-86(123)72-32-23-39-110(72)89(126)62(94)45-57-26-18-17-19-27-57)90(127)111-40-24-31-71(111)85(122)103-68(46-58-34-36-60(114)37-35-58)81(118)105-70(49-131)84(121)102-69(47-59-48-98-63-29-21-20-28-61(59)63)82(119)101-66(43-51(6)7)80(117)100-65(42-50(4)5)79(116)99-64(30-22-38-97-93(95)96)78(115)109-77(56(13)113)88(125)104-67(44-52(8)9)83(120)108-76(92(129)130)55(12)16-3/h17-21,26-29,34-37,48,50-56,62,64-77,98,113-114,131H,14-16,22-25,30-33,38-47,49,94H2,1-13H3,(H,99,116)(H,100,117)(H,101,119)(H,102,121)(H,103,122)(H,104,125)(H,105,118)(H,106,123)(H,107,124)(H,108,120)(H,109,115)(H,129,130)(H4,95,96,97)/t53-,54-,55-,56+,62-,64-,65-,66-,67-,68-,69-,70-,71-,72-,73-,74-,75-,76-,77-/m0/s1. The molecule has 722 valence electrons. The summed E-state index contributed by atoms with van der Waals surface area (Å²) in [7, 11) is 0. The quantitative estimate of drug-likeness (QED) is 0.0131. The van der Waals surface area contributed by atoms with Gasteiger partial charge in [0, 0.05) is 61.9 Å². The van der Waals surface area contributed by atoms with Crippen LogP contribution in [0, 0.1) is 40.9 Å². The van der Waals surface area contributed by atoms with Crippen molar-refractivity contribution in [2.24, 2.45) is 47.0 Å². The number of aromatic hydroxyl groups is 1. The molecule has 37 nitrogen and oxygen atoms in total. The van der Waals surface area contributed by atoms with Crippen LogP contribution < -0.4 is 75.3 Å². The van der Waals surface area contributed by atoms with E-state index in [2.05, 4.69) is 81.4 Å². The number of aromatic nitrogens is 1. The predicted octanol–water partition coefficient (Wildman–Crippen LogP) is 2.47. The Morgan fingerprint density at radius 3 is 1.31 bits per heavy atom. The molecule has 4 heterocycles. The second kappa shape index (κ2) is 51.4. The number of hydrogen-bond acceptors (Lipinski definition) is 20. The van der Waals surface area contributed by atoms with Crippen molar-refractivity contribution in [1.82, 2.24) is 83.5 Å². The summed E-state index contributed by atoms with van der Waals surface area (Å²) in [4.78, 5) is 225. The number of phenolic OH excluding ortho intramolecular Hbond substituents is 1. The zero-order chi connectivity index (χ0) is 96.8. The van der Waals surface area contributed by atoms with Gasteiger partial charge in [0.25, 0.3) is 0 Å². The first-order chi connectivity index (χ1) is 62.1. The lowest BCUT2D eigenvalue weighted by Crippen LogP contribution is -2.62. The summed E-state index contributed by atoms with van der Waals surface area (Å²) >= 11 is 4.51. The Kier molecular flexibility index (Phi) is 41.8. The van der Waals surface area contributed by atoms with Gasteiger partial charge in [0.05, 0.1) is 12.1 Å². The fraction of sp³-hybridized carbons (Fsp3) is 0.613. The summed E-state index contributed by atoms with van der Waals surface area (Å²) < 4.78 is 0. The van der Waals surface area contributed by atoms with Gasteiger partial charge in [0.2, 0.25) is 82.7 Å². The van der Waals surface area contributed by atoms with Crippen LogP contribution >= 0.6 is 12.6 Å². The van der Waals surface area contributed by atoms with E-state index in [1.54, 1.807) is 92.8 Å². The Balaban J connectivity index is 1.08. The minimum Gasteiger partial charge on any atom is -0.508 e. The number of hydrogen-bond donors (Lipinski definition) is 20. The second-order valence-electron chi connectivity index (χ2n) is 36.5. The Labute approximate surface area is 772 Å². The number of nitrogens with two attached hydrogens (primary N) is 2. The molecule has 7 rings (SSSR count). The molecule has 1 aromatic heterocycles. The number of guanidine groups is 1. The fourth-order valence-electron chi connectivity index (χ4n) is 16.7. The van der Waals surface area contributed by atoms with Crippen LogP contribution in [-0.2, 0) is 91.2 Å². The van der Waals surface area contributed by atoms with Crippen LogP contribution in [0.3, 0.4) is 0 Å². The van der Waals surface area contributed by atoms with E-state index in [9.17, 15) is 63.3 Å². The highest BCUT2D eigenvalue weighted by Gasteiger charge is 2.47. The van der Waals surface area contributed by atoms with E-state index in [1.807, 2.05) is 51.1 Å². The van der Waals surface area contributed by atoms with Crippen LogP contribution in [0.1, 0.15) is 197 Å². The first-order valence-electron chi connectivity index (χ1n) is 46.1. The molecule has 0 unspecified atom stereocenters. The van der Waals surface area contributed by atoms with Gasteiger partial charge in [0.15, 0.2) is 5.96 Å². The molecular weight excluding hydrogens is 1700 g/mol. The maximum Gasteiger partial charge on any atom is 0.326 e. The number of H-pyrrole nitrogens is 1. The first kappa shape index (κ1) is 107. The molecule has 3 aliphatic rings. The zero-order valence-electron chi connectivity index (χ0n) is 77.7. The molecule has 14 amide bonds. The highest BCUT2D eigenvalue weighted by Crippen LogP contribution is 2.29. The van der Waals surface area contributed by atoms with E-state index in [0.717, 1.165) is 5.56 Å². The molecule has 0 spiro atoms. The number of para-hydroxylation sites is 1. The number of carbonyl (C=O) groups excluding carboxylic acids is 14. The van der Waals surface area contributed by atoms with Crippen molar-refractivity contribution in [2.45, 2.75) is 296 Å². The highest BCUT2D eigenvalue weighted by molar-refractivity contribution is 7.80. The molecule has 3 aromatic carbocycles. The van der Waals surface area contributed by atoms with Crippen LogP contribution in [0.2, 0.25) is 0 Å². The maximum atomic E-state index is 15.3. The third-order valence-electron chi connectivity index (χ3n) is 24.7. The van der Waals surface area contributed by atoms with Gasteiger partial charge < -0.3 is 110 Å². The summed E-state index contributed by atoms with van der Waals surface area (Å²) in [5.41, 5.74) is 14.5. The minimum atomic E-state index is -1.75. The number of benzene rings is 3. The molecule has 3 fully saturated rings. The van der Waals surface area contributed by atoms with Crippen molar-refractivity contribution >= 4 is 118 Å². The molecule has 0 bridgehead atoms. The highest BCUT2D eigenvalue weighted by atomic mass is 32.1. The number of nitrogens with one attached hydrogen (secondary N) is 14. The number of aliphatic hydroxyl groups is 1. The third-order valence-corrected chi connectivity index (χ3v) is 25.1. The molecule has 19 atom stereocenters. The molecule has 0 saturated carbocycles. The number of phenols is 1. The van der Waals surface area contributed by atoms with Crippen molar-refractivity contribution in [2.75, 3.05) is 31.9 Å². The van der Waals surface area contributed by atoms with E-state index in [0.29, 0.717) is 73.5 Å². The Hall–Kier alpha value is -11.4. The SMILES string of the molecule is CC[C@H](C)[C@H](NC(=O)[C@H](CC(C)C)NC(=O)[C@@H](NC(=O)[C@H](CCCNC(=N)N)NC(=O)[C@H](CC(C)C)NC(=O)[C@H](CC(C)C)NC(=O)[C@H](Cc1c[nH]c2ccccc12)NC(=O)[C@H](CS)NC(=O)[C@H](Cc1ccc(O)cc1)NC(=O)[C@@H]1CCCN1C(=O)[C@@H](NC(=O)[C@@H]1CCCN1C(=O)[C@@H](NC(=O)[C@@H]1CCCN1C(=O)[C@@H](N)Cc1ccccc1)[C@@H](C)CC)[C@@H](C)CC)[C@@H](C)O)C(=O)O. The van der Waals surface area contributed by atoms with E-state index >= 15 is 24.0 Å². The van der Waals surface area contributed by atoms with Crippen LogP contribution in [-0.4, -0.2) is 258 Å². The van der Waals surface area contributed by atoms with Gasteiger partial charge in [-0.2, -0.15) is 12.6 Å². The van der Waals surface area contributed by atoms with Crippen molar-refractivity contribution in [3.05, 3.63) is 102 Å². The molecule has 21 N–H and O–H groups in total. The van der Waals surface area contributed by atoms with Gasteiger partial charge in [-0.3, -0.25) is 72.5 Å². The first-order valence-corrected chi connectivity index (χ1v) is 46.7. The summed E-state index contributed by atoms with van der Waals surface area (Å²) in [6.45, 7) is 23.2. The molecule has 0 aliphatic carbocycles. The molecule has 0 radical (unpaired) electrons. The average molecular weight is 1850 g/mol. The van der Waals surface area contributed by atoms with Crippen LogP contribution in [0.15, 0.2) is 85.1 Å².